The molecule has 2 aromatic carbocycles. The van der Waals surface area contributed by atoms with E-state index in [9.17, 15) is 13.2 Å². The third-order valence-corrected chi connectivity index (χ3v) is 7.65. The van der Waals surface area contributed by atoms with Crippen LogP contribution in [-0.2, 0) is 21.4 Å². The second kappa shape index (κ2) is 10.8. The number of piperidine rings is 1. The summed E-state index contributed by atoms with van der Waals surface area (Å²) < 4.78 is 48.6. The number of amides is 1. The first-order chi connectivity index (χ1) is 15.8. The zero-order valence-corrected chi connectivity index (χ0v) is 20.1. The van der Waals surface area contributed by atoms with Crippen molar-refractivity contribution in [3.8, 4) is 23.0 Å². The summed E-state index contributed by atoms with van der Waals surface area (Å²) in [7, 11) is 2.39. The van der Waals surface area contributed by atoms with E-state index in [-0.39, 0.29) is 29.8 Å². The van der Waals surface area contributed by atoms with E-state index in [4.69, 9.17) is 18.9 Å². The van der Waals surface area contributed by atoms with E-state index in [1.165, 1.54) is 30.7 Å². The predicted octanol–water partition coefficient (Wildman–Crippen LogP) is 2.44. The Bertz CT molecular complexity index is 1080. The monoisotopic (exact) mass is 478 g/mol. The number of carbonyl (C=O) groups excluding carboxylic acids is 1. The average Bonchev–Trinajstić information content (AvgIpc) is 2.86. The molecule has 10 heteroatoms. The number of sulfonamides is 1. The van der Waals surface area contributed by atoms with Crippen LogP contribution < -0.4 is 24.3 Å². The van der Waals surface area contributed by atoms with Crippen molar-refractivity contribution in [2.24, 2.45) is 5.92 Å². The van der Waals surface area contributed by atoms with Gasteiger partial charge >= 0.3 is 0 Å². The Morgan fingerprint density at radius 2 is 1.55 bits per heavy atom. The molecule has 1 N–H and O–H groups in total. The second-order valence-electron chi connectivity index (χ2n) is 7.59. The van der Waals surface area contributed by atoms with Gasteiger partial charge in [-0.2, -0.15) is 4.31 Å². The van der Waals surface area contributed by atoms with Crippen LogP contribution in [0.2, 0.25) is 0 Å². The Hall–Kier alpha value is -2.98. The molecule has 9 nitrogen and oxygen atoms in total. The summed E-state index contributed by atoms with van der Waals surface area (Å²) in [5.74, 6) is 1.77. The average molecular weight is 479 g/mol. The first kappa shape index (κ1) is 24.7. The quantitative estimate of drug-likeness (QED) is 0.590. The van der Waals surface area contributed by atoms with Gasteiger partial charge in [0.2, 0.25) is 15.9 Å². The van der Waals surface area contributed by atoms with Gasteiger partial charge in [-0.25, -0.2) is 8.42 Å². The fourth-order valence-electron chi connectivity index (χ4n) is 3.83. The van der Waals surface area contributed by atoms with Gasteiger partial charge in [0.25, 0.3) is 0 Å². The molecule has 0 saturated carbocycles. The summed E-state index contributed by atoms with van der Waals surface area (Å²) in [6, 6.07) is 9.91. The Morgan fingerprint density at radius 1 is 0.909 bits per heavy atom. The third-order valence-electron chi connectivity index (χ3n) is 5.76. The maximum atomic E-state index is 13.1. The third kappa shape index (κ3) is 5.51. The molecule has 0 atom stereocenters. The summed E-state index contributed by atoms with van der Waals surface area (Å²) in [6.45, 7) is 0.817. The molecule has 180 valence electrons. The lowest BCUT2D eigenvalue weighted by Crippen LogP contribution is -2.42. The Labute approximate surface area is 194 Å². The van der Waals surface area contributed by atoms with Crippen LogP contribution in [0.5, 0.6) is 23.0 Å². The zero-order chi connectivity index (χ0) is 24.0. The molecule has 1 aliphatic heterocycles. The van der Waals surface area contributed by atoms with Gasteiger partial charge in [0, 0.05) is 37.2 Å². The van der Waals surface area contributed by atoms with Gasteiger partial charge in [0.1, 0.15) is 11.5 Å². The number of benzene rings is 2. The molecule has 2 aromatic rings. The first-order valence-electron chi connectivity index (χ1n) is 10.5. The minimum atomic E-state index is -3.71. The van der Waals surface area contributed by atoms with Crippen LogP contribution >= 0.6 is 0 Å². The van der Waals surface area contributed by atoms with Gasteiger partial charge in [-0.1, -0.05) is 0 Å². The maximum absolute atomic E-state index is 13.1. The molecule has 1 fully saturated rings. The molecule has 0 spiro atoms. The van der Waals surface area contributed by atoms with Gasteiger partial charge < -0.3 is 24.3 Å². The number of ether oxygens (including phenoxy) is 4. The lowest BCUT2D eigenvalue weighted by molar-refractivity contribution is -0.126. The van der Waals surface area contributed by atoms with Crippen molar-refractivity contribution in [2.75, 3.05) is 41.5 Å². The van der Waals surface area contributed by atoms with Crippen LogP contribution in [0.4, 0.5) is 0 Å². The maximum Gasteiger partial charge on any atom is 0.243 e. The molecular formula is C23H30N2O7S. The molecule has 1 heterocycles. The van der Waals surface area contributed by atoms with Gasteiger partial charge in [0.05, 0.1) is 33.3 Å². The smallest absolute Gasteiger partial charge is 0.243 e. The van der Waals surface area contributed by atoms with Crippen LogP contribution in [-0.4, -0.2) is 60.2 Å². The molecule has 0 aliphatic carbocycles. The lowest BCUT2D eigenvalue weighted by Gasteiger charge is -2.30. The molecule has 1 amide bonds. The molecule has 0 aromatic heterocycles. The van der Waals surface area contributed by atoms with Crippen molar-refractivity contribution in [3.05, 3.63) is 42.0 Å². The number of hydrogen-bond donors (Lipinski definition) is 1. The van der Waals surface area contributed by atoms with Crippen molar-refractivity contribution in [2.45, 2.75) is 24.3 Å². The Balaban J connectivity index is 1.61. The highest BCUT2D eigenvalue weighted by Crippen LogP contribution is 2.32. The fourth-order valence-corrected chi connectivity index (χ4v) is 5.32. The molecule has 0 unspecified atom stereocenters. The normalized spacial score (nSPS) is 15.0. The number of methoxy groups -OCH3 is 4. The number of rotatable bonds is 9. The van der Waals surface area contributed by atoms with Crippen molar-refractivity contribution < 1.29 is 32.2 Å². The van der Waals surface area contributed by atoms with Crippen LogP contribution in [0.25, 0.3) is 0 Å². The molecule has 33 heavy (non-hydrogen) atoms. The molecule has 1 aliphatic rings. The van der Waals surface area contributed by atoms with E-state index in [2.05, 4.69) is 5.32 Å². The van der Waals surface area contributed by atoms with E-state index < -0.39 is 10.0 Å². The predicted molar refractivity (Wildman–Crippen MR) is 122 cm³/mol. The lowest BCUT2D eigenvalue weighted by atomic mass is 9.97. The van der Waals surface area contributed by atoms with Gasteiger partial charge in [-0.3, -0.25) is 4.79 Å². The second-order valence-corrected chi connectivity index (χ2v) is 9.53. The molecule has 0 bridgehead atoms. The highest BCUT2D eigenvalue weighted by Gasteiger charge is 2.32. The van der Waals surface area contributed by atoms with E-state index in [0.717, 1.165) is 5.56 Å². The minimum Gasteiger partial charge on any atom is -0.497 e. The van der Waals surface area contributed by atoms with Gasteiger partial charge in [0.15, 0.2) is 11.5 Å². The minimum absolute atomic E-state index is 0.108. The Morgan fingerprint density at radius 3 is 2.15 bits per heavy atom. The summed E-state index contributed by atoms with van der Waals surface area (Å²) in [5, 5.41) is 2.93. The van der Waals surface area contributed by atoms with Crippen molar-refractivity contribution in [1.29, 1.82) is 0 Å². The molecule has 0 radical (unpaired) electrons. The van der Waals surface area contributed by atoms with E-state index >= 15 is 0 Å². The standard InChI is InChI=1S/C23H30N2O7S/c1-29-18-5-7-20(30-2)17(13-18)15-24-23(26)16-9-11-25(12-10-16)33(27,28)19-6-8-21(31-3)22(14-19)32-4/h5-8,13-14,16H,9-12,15H2,1-4H3,(H,24,26). The number of carbonyl (C=O) groups is 1. The van der Waals surface area contributed by atoms with E-state index in [1.807, 2.05) is 6.07 Å². The fraction of sp³-hybridized carbons (Fsp3) is 0.435. The van der Waals surface area contributed by atoms with Crippen molar-refractivity contribution in [3.63, 3.8) is 0 Å². The first-order valence-corrected chi connectivity index (χ1v) is 12.0. The zero-order valence-electron chi connectivity index (χ0n) is 19.3. The van der Waals surface area contributed by atoms with Crippen LogP contribution in [0.1, 0.15) is 18.4 Å². The van der Waals surface area contributed by atoms with Gasteiger partial charge in [-0.15, -0.1) is 0 Å². The largest absolute Gasteiger partial charge is 0.497 e. The van der Waals surface area contributed by atoms with Crippen molar-refractivity contribution >= 4 is 15.9 Å². The van der Waals surface area contributed by atoms with Crippen molar-refractivity contribution in [1.82, 2.24) is 9.62 Å². The summed E-state index contributed by atoms with van der Waals surface area (Å²) in [5.41, 5.74) is 0.804. The van der Waals surface area contributed by atoms with E-state index in [0.29, 0.717) is 42.4 Å². The molecule has 3 rings (SSSR count). The molecular weight excluding hydrogens is 448 g/mol. The summed E-state index contributed by atoms with van der Waals surface area (Å²) in [4.78, 5) is 12.9. The van der Waals surface area contributed by atoms with Gasteiger partial charge in [-0.05, 0) is 43.2 Å². The summed E-state index contributed by atoms with van der Waals surface area (Å²) in [6.07, 6.45) is 0.876. The number of nitrogens with zero attached hydrogens (tertiary/aromatic N) is 1. The van der Waals surface area contributed by atoms with Crippen LogP contribution in [0, 0.1) is 5.92 Å². The van der Waals surface area contributed by atoms with E-state index in [1.54, 1.807) is 32.4 Å². The number of hydrogen-bond acceptors (Lipinski definition) is 7. The number of nitrogens with one attached hydrogen (secondary N) is 1. The van der Waals surface area contributed by atoms with Crippen LogP contribution in [0.3, 0.4) is 0 Å². The SMILES string of the molecule is COc1ccc(OC)c(CNC(=O)C2CCN(S(=O)(=O)c3ccc(OC)c(OC)c3)CC2)c1. The summed E-state index contributed by atoms with van der Waals surface area (Å²) >= 11 is 0. The molecule has 1 saturated heterocycles. The van der Waals surface area contributed by atoms with Crippen LogP contribution in [0.15, 0.2) is 41.3 Å². The highest BCUT2D eigenvalue weighted by molar-refractivity contribution is 7.89. The highest BCUT2D eigenvalue weighted by atomic mass is 32.2. The Kier molecular flexibility index (Phi) is 8.04. The topological polar surface area (TPSA) is 103 Å².